The molecule has 1 aliphatic heterocycles. The number of fused-ring (bicyclic) bond motifs is 2. The second-order valence-electron chi connectivity index (χ2n) is 8.22. The van der Waals surface area contributed by atoms with Gasteiger partial charge in [0.15, 0.2) is 5.65 Å². The molecule has 0 radical (unpaired) electrons. The highest BCUT2D eigenvalue weighted by Crippen LogP contribution is 2.65. The van der Waals surface area contributed by atoms with Gasteiger partial charge in [0.1, 0.15) is 22.9 Å². The maximum absolute atomic E-state index is 14.2. The van der Waals surface area contributed by atoms with Gasteiger partial charge in [-0.15, -0.1) is 0 Å². The number of aromatic nitrogens is 3. The predicted molar refractivity (Wildman–Crippen MR) is 113 cm³/mol. The Balaban J connectivity index is 1.58. The summed E-state index contributed by atoms with van der Waals surface area (Å²) in [5, 5.41) is 4.08. The first kappa shape index (κ1) is 23.3. The fraction of sp³-hybridized carbons (Fsp3) is 0.381. The Hall–Kier alpha value is -3.42. The molecule has 2 atom stereocenters. The first-order chi connectivity index (χ1) is 16.5. The number of nitrogens with zero attached hydrogens (tertiary/aromatic N) is 4. The Morgan fingerprint density at radius 1 is 1.29 bits per heavy atom. The summed E-state index contributed by atoms with van der Waals surface area (Å²) in [7, 11) is -5.97. The monoisotopic (exact) mass is 514 g/mol. The van der Waals surface area contributed by atoms with E-state index in [1.54, 1.807) is 24.1 Å². The van der Waals surface area contributed by atoms with E-state index in [1.807, 2.05) is 0 Å². The van der Waals surface area contributed by atoms with Crippen LogP contribution >= 0.6 is 0 Å². The van der Waals surface area contributed by atoms with Crippen LogP contribution in [0.4, 0.5) is 23.4 Å². The topological polar surface area (TPSA) is 103 Å². The third-order valence-corrected chi connectivity index (χ3v) is 7.24. The molecule has 1 aliphatic carbocycles. The minimum Gasteiger partial charge on any atom is -0.462 e. The van der Waals surface area contributed by atoms with Gasteiger partial charge >= 0.3 is 21.6 Å². The van der Waals surface area contributed by atoms with Crippen LogP contribution in [0.5, 0.6) is 5.75 Å². The molecular formula is C21H18F4N4O5S. The van der Waals surface area contributed by atoms with Gasteiger partial charge in [-0.2, -0.15) is 26.7 Å². The molecule has 3 aromatic rings. The first-order valence-electron chi connectivity index (χ1n) is 10.6. The Labute approximate surface area is 196 Å². The van der Waals surface area contributed by atoms with Gasteiger partial charge in [-0.1, -0.05) is 0 Å². The zero-order chi connectivity index (χ0) is 25.2. The Kier molecular flexibility index (Phi) is 5.20. The molecule has 0 bridgehead atoms. The van der Waals surface area contributed by atoms with Crippen molar-refractivity contribution in [2.24, 2.45) is 5.92 Å². The van der Waals surface area contributed by atoms with Crippen molar-refractivity contribution in [3.63, 3.8) is 0 Å². The van der Waals surface area contributed by atoms with Crippen molar-refractivity contribution in [1.82, 2.24) is 14.6 Å². The van der Waals surface area contributed by atoms with Crippen molar-refractivity contribution in [2.75, 3.05) is 18.1 Å². The average molecular weight is 514 g/mol. The third-order valence-electron chi connectivity index (χ3n) is 6.27. The second-order valence-corrected chi connectivity index (χ2v) is 9.76. The molecule has 2 aliphatic rings. The van der Waals surface area contributed by atoms with Crippen LogP contribution in [0.2, 0.25) is 0 Å². The lowest BCUT2D eigenvalue weighted by atomic mass is 10.0. The van der Waals surface area contributed by atoms with Crippen molar-refractivity contribution in [3.8, 4) is 5.75 Å². The SMILES string of the molecule is CCOC(=O)c1cnn2ccc(N3CCC4CC43c3cc(F)ccc3OS(=O)(=O)C(F)(F)F)nc12. The summed E-state index contributed by atoms with van der Waals surface area (Å²) in [6, 6.07) is 4.30. The van der Waals surface area contributed by atoms with E-state index in [4.69, 9.17) is 4.74 Å². The highest BCUT2D eigenvalue weighted by molar-refractivity contribution is 7.88. The van der Waals surface area contributed by atoms with Crippen LogP contribution in [-0.2, 0) is 20.4 Å². The van der Waals surface area contributed by atoms with Crippen molar-refractivity contribution < 1.29 is 39.7 Å². The van der Waals surface area contributed by atoms with E-state index in [1.165, 1.54) is 10.7 Å². The normalized spacial score (nSPS) is 21.7. The van der Waals surface area contributed by atoms with Crippen LogP contribution in [0.1, 0.15) is 35.7 Å². The summed E-state index contributed by atoms with van der Waals surface area (Å²) in [6.07, 6.45) is 3.90. The number of anilines is 1. The number of alkyl halides is 3. The quantitative estimate of drug-likeness (QED) is 0.214. The molecule has 2 fully saturated rings. The van der Waals surface area contributed by atoms with E-state index < -0.39 is 38.7 Å². The number of hydrogen-bond donors (Lipinski definition) is 0. The highest BCUT2D eigenvalue weighted by atomic mass is 32.2. The van der Waals surface area contributed by atoms with Crippen LogP contribution in [0, 0.1) is 11.7 Å². The van der Waals surface area contributed by atoms with Crippen molar-refractivity contribution in [2.45, 2.75) is 30.8 Å². The van der Waals surface area contributed by atoms with Gasteiger partial charge in [0, 0.05) is 18.3 Å². The number of esters is 1. The summed E-state index contributed by atoms with van der Waals surface area (Å²) in [6.45, 7) is 2.22. The van der Waals surface area contributed by atoms with Gasteiger partial charge in [0.2, 0.25) is 0 Å². The van der Waals surface area contributed by atoms with Gasteiger partial charge in [0.05, 0.1) is 18.3 Å². The van der Waals surface area contributed by atoms with E-state index >= 15 is 0 Å². The summed E-state index contributed by atoms with van der Waals surface area (Å²) in [4.78, 5) is 18.6. The van der Waals surface area contributed by atoms with E-state index in [-0.39, 0.29) is 29.3 Å². The molecule has 0 spiro atoms. The number of piperidine rings is 1. The summed E-state index contributed by atoms with van der Waals surface area (Å²) < 4.78 is 87.4. The third kappa shape index (κ3) is 3.66. The number of hydrogen-bond acceptors (Lipinski definition) is 8. The molecule has 1 aromatic carbocycles. The van der Waals surface area contributed by atoms with Crippen LogP contribution < -0.4 is 9.08 Å². The molecular weight excluding hydrogens is 496 g/mol. The molecule has 1 saturated heterocycles. The smallest absolute Gasteiger partial charge is 0.462 e. The fourth-order valence-electron chi connectivity index (χ4n) is 4.71. The average Bonchev–Trinajstić information content (AvgIpc) is 3.17. The molecule has 2 unspecified atom stereocenters. The van der Waals surface area contributed by atoms with E-state index in [0.717, 1.165) is 18.2 Å². The summed E-state index contributed by atoms with van der Waals surface area (Å²) in [5.74, 6) is -1.71. The zero-order valence-electron chi connectivity index (χ0n) is 18.1. The highest BCUT2D eigenvalue weighted by Gasteiger charge is 2.65. The van der Waals surface area contributed by atoms with Crippen LogP contribution in [0.15, 0.2) is 36.7 Å². The molecule has 9 nitrogen and oxygen atoms in total. The molecule has 1 saturated carbocycles. The number of benzene rings is 1. The number of ether oxygens (including phenoxy) is 1. The fourth-order valence-corrected chi connectivity index (χ4v) is 5.18. The van der Waals surface area contributed by atoms with Gasteiger partial charge in [0.25, 0.3) is 0 Å². The molecule has 186 valence electrons. The second kappa shape index (κ2) is 7.80. The lowest BCUT2D eigenvalue weighted by molar-refractivity contribution is -0.0500. The first-order valence-corrected chi connectivity index (χ1v) is 12.0. The predicted octanol–water partition coefficient (Wildman–Crippen LogP) is 3.40. The van der Waals surface area contributed by atoms with Gasteiger partial charge < -0.3 is 13.8 Å². The zero-order valence-corrected chi connectivity index (χ0v) is 18.9. The number of halogens is 4. The Bertz CT molecular complexity index is 1440. The Morgan fingerprint density at radius 3 is 2.74 bits per heavy atom. The largest absolute Gasteiger partial charge is 0.534 e. The van der Waals surface area contributed by atoms with Gasteiger partial charge in [-0.25, -0.2) is 18.7 Å². The van der Waals surface area contributed by atoms with Gasteiger partial charge in [-0.05, 0) is 49.9 Å². The molecule has 0 N–H and O–H groups in total. The standard InChI is InChI=1S/C21H18F4N4O5S/c1-2-33-19(30)14-11-26-29-8-6-17(27-18(14)29)28-7-5-12-10-20(12,28)15-9-13(22)3-4-16(15)34-35(31,32)21(23,24)25/h3-4,6,8-9,11-12H,2,5,7,10H2,1H3. The van der Waals surface area contributed by atoms with Crippen LogP contribution in [0.25, 0.3) is 5.65 Å². The summed E-state index contributed by atoms with van der Waals surface area (Å²) >= 11 is 0. The number of carbonyl (C=O) groups excluding carboxylic acids is 1. The van der Waals surface area contributed by atoms with E-state index in [0.29, 0.717) is 25.2 Å². The van der Waals surface area contributed by atoms with Gasteiger partial charge in [-0.3, -0.25) is 0 Å². The molecule has 3 heterocycles. The molecule has 14 heteroatoms. The van der Waals surface area contributed by atoms with E-state index in [9.17, 15) is 30.8 Å². The van der Waals surface area contributed by atoms with Crippen molar-refractivity contribution in [1.29, 1.82) is 0 Å². The van der Waals surface area contributed by atoms with Crippen LogP contribution in [0.3, 0.4) is 0 Å². The minimum absolute atomic E-state index is 0.0198. The summed E-state index contributed by atoms with van der Waals surface area (Å²) in [5.41, 5.74) is -6.36. The molecule has 2 aromatic heterocycles. The molecule has 0 amide bonds. The van der Waals surface area contributed by atoms with E-state index in [2.05, 4.69) is 14.3 Å². The Morgan fingerprint density at radius 2 is 2.06 bits per heavy atom. The minimum atomic E-state index is -5.97. The van der Waals surface area contributed by atoms with Crippen molar-refractivity contribution >= 4 is 27.6 Å². The molecule has 5 rings (SSSR count). The maximum Gasteiger partial charge on any atom is 0.534 e. The lowest BCUT2D eigenvalue weighted by Gasteiger charge is -2.31. The lowest BCUT2D eigenvalue weighted by Crippen LogP contribution is -2.35. The van der Waals surface area contributed by atoms with Crippen LogP contribution in [-0.4, -0.2) is 47.6 Å². The van der Waals surface area contributed by atoms with Crippen molar-refractivity contribution in [3.05, 3.63) is 53.6 Å². The number of carbonyl (C=O) groups is 1. The maximum atomic E-state index is 14.2. The number of rotatable bonds is 6. The molecule has 35 heavy (non-hydrogen) atoms.